The summed E-state index contributed by atoms with van der Waals surface area (Å²) in [6.07, 6.45) is 4.53. The summed E-state index contributed by atoms with van der Waals surface area (Å²) in [5, 5.41) is 6.04. The largest absolute Gasteiger partial charge is 0.355 e. The van der Waals surface area contributed by atoms with Gasteiger partial charge in [0.05, 0.1) is 22.2 Å². The number of nitrogens with zero attached hydrogens (tertiary/aromatic N) is 6. The van der Waals surface area contributed by atoms with E-state index in [0.29, 0.717) is 37.6 Å². The molecule has 0 N–H and O–H groups in total. The third kappa shape index (κ3) is 5.21. The molecule has 0 unspecified atom stereocenters. The summed E-state index contributed by atoms with van der Waals surface area (Å²) in [7, 11) is -3.61. The van der Waals surface area contributed by atoms with E-state index in [1.165, 1.54) is 0 Å². The van der Waals surface area contributed by atoms with E-state index >= 15 is 0 Å². The van der Waals surface area contributed by atoms with Crippen molar-refractivity contribution in [1.29, 1.82) is 0 Å². The van der Waals surface area contributed by atoms with E-state index in [2.05, 4.69) is 23.8 Å². The quantitative estimate of drug-likeness (QED) is 0.318. The van der Waals surface area contributed by atoms with E-state index in [0.717, 1.165) is 41.2 Å². The van der Waals surface area contributed by atoms with Crippen LogP contribution in [0.3, 0.4) is 0 Å². The van der Waals surface area contributed by atoms with E-state index in [-0.39, 0.29) is 10.8 Å². The van der Waals surface area contributed by atoms with Crippen molar-refractivity contribution in [2.24, 2.45) is 0 Å². The van der Waals surface area contributed by atoms with Gasteiger partial charge in [0.15, 0.2) is 5.65 Å². The summed E-state index contributed by atoms with van der Waals surface area (Å²) < 4.78 is 30.0. The second-order valence-corrected chi connectivity index (χ2v) is 11.8. The first-order valence-electron chi connectivity index (χ1n) is 12.7. The smallest absolute Gasteiger partial charge is 0.243 e. The SMILES string of the molecule is CCC[C@@H](C)c1nc(N2CCCN(S(=O)(=O)c3ccc(Cl)cc3)CC2)c2cnn(-c3ccccc3)c2n1. The fraction of sp³-hybridized carbons (Fsp3) is 0.370. The molecule has 1 aliphatic rings. The first-order valence-corrected chi connectivity index (χ1v) is 14.5. The first kappa shape index (κ1) is 25.6. The van der Waals surface area contributed by atoms with Gasteiger partial charge >= 0.3 is 0 Å². The molecule has 3 heterocycles. The number of hydrogen-bond donors (Lipinski definition) is 0. The minimum absolute atomic E-state index is 0.195. The van der Waals surface area contributed by atoms with Crippen LogP contribution in [0.15, 0.2) is 65.7 Å². The minimum Gasteiger partial charge on any atom is -0.355 e. The molecule has 2 aromatic heterocycles. The summed E-state index contributed by atoms with van der Waals surface area (Å²) in [6, 6.07) is 16.3. The molecular weight excluding hydrogens is 508 g/mol. The van der Waals surface area contributed by atoms with Gasteiger partial charge in [-0.1, -0.05) is 50.1 Å². The van der Waals surface area contributed by atoms with Crippen molar-refractivity contribution in [2.45, 2.75) is 43.9 Å². The molecule has 0 saturated carbocycles. The lowest BCUT2D eigenvalue weighted by atomic mass is 10.1. The van der Waals surface area contributed by atoms with Gasteiger partial charge in [0.1, 0.15) is 11.6 Å². The van der Waals surface area contributed by atoms with Crippen LogP contribution < -0.4 is 4.90 Å². The normalized spacial score (nSPS) is 16.1. The average Bonchev–Trinajstić information content (AvgIpc) is 3.17. The van der Waals surface area contributed by atoms with Crippen LogP contribution in [-0.4, -0.2) is 58.7 Å². The van der Waals surface area contributed by atoms with Crippen LogP contribution in [-0.2, 0) is 10.0 Å². The van der Waals surface area contributed by atoms with E-state index in [9.17, 15) is 8.42 Å². The van der Waals surface area contributed by atoms with Gasteiger partial charge in [-0.15, -0.1) is 0 Å². The first-order chi connectivity index (χ1) is 17.9. The van der Waals surface area contributed by atoms with E-state index < -0.39 is 10.0 Å². The maximum atomic E-state index is 13.3. The van der Waals surface area contributed by atoms with Gasteiger partial charge in [-0.3, -0.25) is 0 Å². The Morgan fingerprint density at radius 3 is 2.46 bits per heavy atom. The third-order valence-corrected chi connectivity index (χ3v) is 8.96. The van der Waals surface area contributed by atoms with Crippen molar-refractivity contribution in [2.75, 3.05) is 31.1 Å². The number of benzene rings is 2. The molecule has 0 radical (unpaired) electrons. The summed E-state index contributed by atoms with van der Waals surface area (Å²) in [5.41, 5.74) is 1.70. The lowest BCUT2D eigenvalue weighted by molar-refractivity contribution is 0.433. The van der Waals surface area contributed by atoms with Crippen molar-refractivity contribution >= 4 is 38.5 Å². The van der Waals surface area contributed by atoms with Crippen molar-refractivity contribution in [1.82, 2.24) is 24.1 Å². The fourth-order valence-electron chi connectivity index (χ4n) is 4.79. The van der Waals surface area contributed by atoms with Gasteiger partial charge in [0, 0.05) is 37.1 Å². The van der Waals surface area contributed by atoms with Crippen LogP contribution in [0, 0.1) is 0 Å². The van der Waals surface area contributed by atoms with Gasteiger partial charge < -0.3 is 4.90 Å². The zero-order valence-electron chi connectivity index (χ0n) is 21.1. The molecule has 10 heteroatoms. The minimum atomic E-state index is -3.61. The highest BCUT2D eigenvalue weighted by molar-refractivity contribution is 7.89. The molecule has 0 bridgehead atoms. The molecule has 1 aliphatic heterocycles. The fourth-order valence-corrected chi connectivity index (χ4v) is 6.39. The molecule has 1 fully saturated rings. The number of halogens is 1. The Morgan fingerprint density at radius 2 is 1.73 bits per heavy atom. The highest BCUT2D eigenvalue weighted by Gasteiger charge is 2.29. The number of hydrogen-bond acceptors (Lipinski definition) is 6. The van der Waals surface area contributed by atoms with E-state index in [1.54, 1.807) is 28.6 Å². The number of fused-ring (bicyclic) bond motifs is 1. The molecule has 194 valence electrons. The zero-order chi connectivity index (χ0) is 26.0. The lowest BCUT2D eigenvalue weighted by Gasteiger charge is -2.24. The van der Waals surface area contributed by atoms with Crippen LogP contribution in [0.2, 0.25) is 5.02 Å². The Morgan fingerprint density at radius 1 is 0.973 bits per heavy atom. The predicted molar refractivity (Wildman–Crippen MR) is 147 cm³/mol. The standard InChI is InChI=1S/C27H31ClN6O2S/c1-3-8-20(2)25-30-26(24-19-29-34(27(24)31-25)22-9-5-4-6-10-22)32-15-7-16-33(18-17-32)37(35,36)23-13-11-21(28)12-14-23/h4-6,9-14,19-20H,3,7-8,15-18H2,1-2H3/t20-/m1/s1. The van der Waals surface area contributed by atoms with Gasteiger partial charge in [-0.25, -0.2) is 23.1 Å². The van der Waals surface area contributed by atoms with E-state index in [1.807, 2.05) is 41.2 Å². The molecule has 5 rings (SSSR count). The van der Waals surface area contributed by atoms with Crippen molar-refractivity contribution in [3.8, 4) is 5.69 Å². The van der Waals surface area contributed by atoms with Gasteiger partial charge in [0.2, 0.25) is 10.0 Å². The molecule has 0 amide bonds. The highest BCUT2D eigenvalue weighted by atomic mass is 35.5. The number of rotatable bonds is 7. The Bertz CT molecular complexity index is 1470. The molecule has 0 aliphatic carbocycles. The Hall–Kier alpha value is -3.01. The number of sulfonamides is 1. The second-order valence-electron chi connectivity index (χ2n) is 9.42. The Kier molecular flexibility index (Phi) is 7.46. The molecule has 8 nitrogen and oxygen atoms in total. The maximum absolute atomic E-state index is 13.3. The highest BCUT2D eigenvalue weighted by Crippen LogP contribution is 2.30. The number of aromatic nitrogens is 4. The summed E-state index contributed by atoms with van der Waals surface area (Å²) >= 11 is 5.97. The van der Waals surface area contributed by atoms with Gasteiger partial charge in [0.25, 0.3) is 0 Å². The second kappa shape index (κ2) is 10.8. The van der Waals surface area contributed by atoms with Gasteiger partial charge in [-0.2, -0.15) is 9.40 Å². The lowest BCUT2D eigenvalue weighted by Crippen LogP contribution is -2.35. The maximum Gasteiger partial charge on any atom is 0.243 e. The van der Waals surface area contributed by atoms with Crippen LogP contribution >= 0.6 is 11.6 Å². The molecule has 4 aromatic rings. The molecule has 2 aromatic carbocycles. The summed E-state index contributed by atoms with van der Waals surface area (Å²) in [4.78, 5) is 12.4. The molecule has 37 heavy (non-hydrogen) atoms. The number of para-hydroxylation sites is 1. The van der Waals surface area contributed by atoms with Crippen LogP contribution in [0.1, 0.15) is 44.9 Å². The Labute approximate surface area is 223 Å². The van der Waals surface area contributed by atoms with Crippen molar-refractivity contribution in [3.63, 3.8) is 0 Å². The topological polar surface area (TPSA) is 84.2 Å². The molecule has 1 atom stereocenters. The Balaban J connectivity index is 1.50. The van der Waals surface area contributed by atoms with Crippen molar-refractivity contribution < 1.29 is 8.42 Å². The molecular formula is C27H31ClN6O2S. The average molecular weight is 539 g/mol. The van der Waals surface area contributed by atoms with Crippen molar-refractivity contribution in [3.05, 3.63) is 71.6 Å². The van der Waals surface area contributed by atoms with Crippen LogP contribution in [0.5, 0.6) is 0 Å². The van der Waals surface area contributed by atoms with Gasteiger partial charge in [-0.05, 0) is 49.2 Å². The molecule has 1 saturated heterocycles. The molecule has 0 spiro atoms. The predicted octanol–water partition coefficient (Wildman–Crippen LogP) is 5.27. The van der Waals surface area contributed by atoms with E-state index in [4.69, 9.17) is 21.6 Å². The van der Waals surface area contributed by atoms with Crippen LogP contribution in [0.4, 0.5) is 5.82 Å². The zero-order valence-corrected chi connectivity index (χ0v) is 22.7. The third-order valence-electron chi connectivity index (χ3n) is 6.79. The summed E-state index contributed by atoms with van der Waals surface area (Å²) in [5.74, 6) is 1.80. The monoisotopic (exact) mass is 538 g/mol. The summed E-state index contributed by atoms with van der Waals surface area (Å²) in [6.45, 7) is 6.34. The number of anilines is 1. The van der Waals surface area contributed by atoms with Crippen LogP contribution in [0.25, 0.3) is 16.7 Å².